The van der Waals surface area contributed by atoms with Crippen molar-refractivity contribution in [3.63, 3.8) is 0 Å². The highest BCUT2D eigenvalue weighted by Gasteiger charge is 2.25. The number of nitrogens with zero attached hydrogens (tertiary/aromatic N) is 1. The third-order valence-corrected chi connectivity index (χ3v) is 3.92. The molecule has 2 heteroatoms. The van der Waals surface area contributed by atoms with Gasteiger partial charge >= 0.3 is 0 Å². The minimum absolute atomic E-state index is 0.140. The van der Waals surface area contributed by atoms with Crippen LogP contribution < -0.4 is 5.73 Å². The van der Waals surface area contributed by atoms with E-state index in [1.165, 1.54) is 30.4 Å². The summed E-state index contributed by atoms with van der Waals surface area (Å²) in [5, 5.41) is 0. The van der Waals surface area contributed by atoms with E-state index in [9.17, 15) is 0 Å². The quantitative estimate of drug-likeness (QED) is 0.718. The van der Waals surface area contributed by atoms with E-state index in [0.29, 0.717) is 12.1 Å². The van der Waals surface area contributed by atoms with Crippen molar-refractivity contribution in [3.05, 3.63) is 35.4 Å². The molecular formula is C18H32N2. The van der Waals surface area contributed by atoms with Crippen LogP contribution in [0.15, 0.2) is 24.3 Å². The zero-order chi connectivity index (χ0) is 15.1. The minimum atomic E-state index is 0.140. The van der Waals surface area contributed by atoms with Crippen LogP contribution in [0.1, 0.15) is 64.1 Å². The first-order chi connectivity index (χ1) is 9.47. The maximum Gasteiger partial charge on any atom is 0.0499 e. The molecule has 0 bridgehead atoms. The van der Waals surface area contributed by atoms with E-state index < -0.39 is 0 Å². The molecule has 0 aromatic heterocycles. The van der Waals surface area contributed by atoms with Gasteiger partial charge < -0.3 is 5.73 Å². The first-order valence-corrected chi connectivity index (χ1v) is 8.05. The predicted octanol–water partition coefficient (Wildman–Crippen LogP) is 4.28. The molecule has 2 nitrogen and oxygen atoms in total. The predicted molar refractivity (Wildman–Crippen MR) is 88.9 cm³/mol. The minimum Gasteiger partial charge on any atom is -0.326 e. The van der Waals surface area contributed by atoms with Crippen molar-refractivity contribution in [1.29, 1.82) is 0 Å². The normalized spacial score (nSPS) is 14.8. The van der Waals surface area contributed by atoms with Gasteiger partial charge in [-0.05, 0) is 46.2 Å². The van der Waals surface area contributed by atoms with Gasteiger partial charge in [0.1, 0.15) is 0 Å². The first-order valence-electron chi connectivity index (χ1n) is 8.05. The summed E-state index contributed by atoms with van der Waals surface area (Å²) in [4.78, 5) is 2.56. The highest BCUT2D eigenvalue weighted by molar-refractivity contribution is 5.26. The van der Waals surface area contributed by atoms with Crippen LogP contribution in [-0.2, 0) is 0 Å². The fraction of sp³-hybridized carbons (Fsp3) is 0.667. The fourth-order valence-corrected chi connectivity index (χ4v) is 2.91. The van der Waals surface area contributed by atoms with Crippen LogP contribution in [0.3, 0.4) is 0 Å². The average molecular weight is 276 g/mol. The Morgan fingerprint density at radius 3 is 2.35 bits per heavy atom. The molecule has 0 fully saturated rings. The second-order valence-electron chi connectivity index (χ2n) is 6.26. The zero-order valence-corrected chi connectivity index (χ0v) is 13.9. The van der Waals surface area contributed by atoms with Gasteiger partial charge in [-0.3, -0.25) is 4.90 Å². The van der Waals surface area contributed by atoms with Gasteiger partial charge in [0, 0.05) is 18.1 Å². The van der Waals surface area contributed by atoms with E-state index in [1.807, 2.05) is 0 Å². The lowest BCUT2D eigenvalue weighted by atomic mass is 9.96. The Hall–Kier alpha value is -0.860. The Bertz CT molecular complexity index is 385. The zero-order valence-electron chi connectivity index (χ0n) is 13.9. The summed E-state index contributed by atoms with van der Waals surface area (Å²) in [7, 11) is 0. The van der Waals surface area contributed by atoms with Crippen LogP contribution in [0.5, 0.6) is 0 Å². The number of unbranched alkanes of at least 4 members (excludes halogenated alkanes) is 2. The molecule has 0 spiro atoms. The molecule has 1 aromatic carbocycles. The van der Waals surface area contributed by atoms with Crippen LogP contribution in [0, 0.1) is 6.92 Å². The molecule has 0 heterocycles. The van der Waals surface area contributed by atoms with E-state index >= 15 is 0 Å². The first kappa shape index (κ1) is 17.2. The van der Waals surface area contributed by atoms with Crippen molar-refractivity contribution in [2.75, 3.05) is 6.54 Å². The maximum atomic E-state index is 6.32. The molecular weight excluding hydrogens is 244 g/mol. The van der Waals surface area contributed by atoms with Gasteiger partial charge in [-0.1, -0.05) is 49.6 Å². The number of hydrogen-bond donors (Lipinski definition) is 1. The SMILES string of the molecule is CCCCCN(C(C)C)C(c1cccc(C)c1)C(C)N. The maximum absolute atomic E-state index is 6.32. The molecule has 1 aromatic rings. The number of benzene rings is 1. The third-order valence-electron chi connectivity index (χ3n) is 3.92. The summed E-state index contributed by atoms with van der Waals surface area (Å²) >= 11 is 0. The largest absolute Gasteiger partial charge is 0.326 e. The number of rotatable bonds is 8. The molecule has 1 rings (SSSR count). The van der Waals surface area contributed by atoms with Crippen LogP contribution in [0.25, 0.3) is 0 Å². The molecule has 114 valence electrons. The Morgan fingerprint density at radius 2 is 1.85 bits per heavy atom. The average Bonchev–Trinajstić information content (AvgIpc) is 2.37. The van der Waals surface area contributed by atoms with Gasteiger partial charge in [0.15, 0.2) is 0 Å². The highest BCUT2D eigenvalue weighted by Crippen LogP contribution is 2.27. The molecule has 0 saturated carbocycles. The number of nitrogens with two attached hydrogens (primary N) is 1. The van der Waals surface area contributed by atoms with E-state index in [-0.39, 0.29) is 6.04 Å². The van der Waals surface area contributed by atoms with Gasteiger partial charge in [0.2, 0.25) is 0 Å². The topological polar surface area (TPSA) is 29.3 Å². The summed E-state index contributed by atoms with van der Waals surface area (Å²) in [5.41, 5.74) is 8.98. The molecule has 0 aliphatic rings. The lowest BCUT2D eigenvalue weighted by Crippen LogP contribution is -2.43. The van der Waals surface area contributed by atoms with Crippen molar-refractivity contribution in [2.24, 2.45) is 5.73 Å². The van der Waals surface area contributed by atoms with Crippen molar-refractivity contribution < 1.29 is 0 Å². The molecule has 0 aliphatic carbocycles. The lowest BCUT2D eigenvalue weighted by molar-refractivity contribution is 0.133. The van der Waals surface area contributed by atoms with Crippen LogP contribution in [0.4, 0.5) is 0 Å². The molecule has 2 atom stereocenters. The fourth-order valence-electron chi connectivity index (χ4n) is 2.91. The van der Waals surface area contributed by atoms with Crippen molar-refractivity contribution >= 4 is 0 Å². The van der Waals surface area contributed by atoms with E-state index in [1.54, 1.807) is 0 Å². The van der Waals surface area contributed by atoms with Crippen molar-refractivity contribution in [3.8, 4) is 0 Å². The van der Waals surface area contributed by atoms with Gasteiger partial charge in [-0.15, -0.1) is 0 Å². The van der Waals surface area contributed by atoms with E-state index in [4.69, 9.17) is 5.73 Å². The Labute approximate surface area is 125 Å². The van der Waals surface area contributed by atoms with E-state index in [2.05, 4.69) is 63.8 Å². The smallest absolute Gasteiger partial charge is 0.0499 e. The number of aryl methyl sites for hydroxylation is 1. The molecule has 0 radical (unpaired) electrons. The second kappa shape index (κ2) is 8.43. The summed E-state index contributed by atoms with van der Waals surface area (Å²) in [5.74, 6) is 0. The summed E-state index contributed by atoms with van der Waals surface area (Å²) < 4.78 is 0. The van der Waals surface area contributed by atoms with Gasteiger partial charge in [-0.25, -0.2) is 0 Å². The molecule has 20 heavy (non-hydrogen) atoms. The van der Waals surface area contributed by atoms with Crippen molar-refractivity contribution in [2.45, 2.75) is 72.0 Å². The van der Waals surface area contributed by atoms with Gasteiger partial charge in [0.05, 0.1) is 0 Å². The second-order valence-corrected chi connectivity index (χ2v) is 6.26. The van der Waals surface area contributed by atoms with Gasteiger partial charge in [0.25, 0.3) is 0 Å². The molecule has 2 unspecified atom stereocenters. The van der Waals surface area contributed by atoms with E-state index in [0.717, 1.165) is 6.54 Å². The van der Waals surface area contributed by atoms with Crippen LogP contribution in [0.2, 0.25) is 0 Å². The lowest BCUT2D eigenvalue weighted by Gasteiger charge is -2.38. The molecule has 0 aliphatic heterocycles. The summed E-state index contributed by atoms with van der Waals surface area (Å²) in [6.45, 7) is 12.2. The Balaban J connectivity index is 2.96. The molecule has 2 N–H and O–H groups in total. The Morgan fingerprint density at radius 1 is 1.15 bits per heavy atom. The molecule has 0 amide bonds. The standard InChI is InChI=1S/C18H32N2/c1-6-7-8-12-20(14(2)3)18(16(5)19)17-11-9-10-15(4)13-17/h9-11,13-14,16,18H,6-8,12,19H2,1-5H3. The monoisotopic (exact) mass is 276 g/mol. The van der Waals surface area contributed by atoms with Crippen LogP contribution in [-0.4, -0.2) is 23.5 Å². The third kappa shape index (κ3) is 4.92. The van der Waals surface area contributed by atoms with Crippen LogP contribution >= 0.6 is 0 Å². The summed E-state index contributed by atoms with van der Waals surface area (Å²) in [6.07, 6.45) is 3.81. The number of hydrogen-bond acceptors (Lipinski definition) is 2. The molecule has 0 saturated heterocycles. The Kier molecular flexibility index (Phi) is 7.25. The van der Waals surface area contributed by atoms with Crippen molar-refractivity contribution in [1.82, 2.24) is 4.90 Å². The summed E-state index contributed by atoms with van der Waals surface area (Å²) in [6, 6.07) is 9.76. The highest BCUT2D eigenvalue weighted by atomic mass is 15.2. The van der Waals surface area contributed by atoms with Gasteiger partial charge in [-0.2, -0.15) is 0 Å².